The quantitative estimate of drug-likeness (QED) is 0.316. The lowest BCUT2D eigenvalue weighted by Crippen LogP contribution is -2.40. The van der Waals surface area contributed by atoms with Gasteiger partial charge in [-0.15, -0.1) is 24.0 Å². The molecule has 0 radical (unpaired) electrons. The minimum atomic E-state index is 0. The van der Waals surface area contributed by atoms with Crippen molar-refractivity contribution in [3.8, 4) is 11.5 Å². The first-order valence-electron chi connectivity index (χ1n) is 9.69. The molecule has 1 aromatic carbocycles. The van der Waals surface area contributed by atoms with E-state index in [4.69, 9.17) is 14.5 Å². The van der Waals surface area contributed by atoms with Crippen molar-refractivity contribution in [3.05, 3.63) is 53.3 Å². The highest BCUT2D eigenvalue weighted by Gasteiger charge is 2.08. The number of aryl methyl sites for hydroxylation is 1. The molecule has 0 aliphatic rings. The Labute approximate surface area is 191 Å². The van der Waals surface area contributed by atoms with Gasteiger partial charge in [-0.25, -0.2) is 0 Å². The summed E-state index contributed by atoms with van der Waals surface area (Å²) < 4.78 is 10.7. The Kier molecular flexibility index (Phi) is 11.4. The lowest BCUT2D eigenvalue weighted by atomic mass is 10.1. The second-order valence-corrected chi connectivity index (χ2v) is 6.65. The van der Waals surface area contributed by atoms with Crippen molar-refractivity contribution >= 4 is 29.9 Å². The van der Waals surface area contributed by atoms with Crippen LogP contribution in [0.15, 0.2) is 41.5 Å². The Balaban J connectivity index is 0.00000420. The summed E-state index contributed by atoms with van der Waals surface area (Å²) in [5.41, 5.74) is 3.44. The van der Waals surface area contributed by atoms with Crippen LogP contribution in [0.25, 0.3) is 0 Å². The van der Waals surface area contributed by atoms with Crippen LogP contribution in [0.2, 0.25) is 0 Å². The van der Waals surface area contributed by atoms with Crippen LogP contribution in [0.4, 0.5) is 0 Å². The first kappa shape index (κ1) is 25.0. The number of halogens is 1. The van der Waals surface area contributed by atoms with Crippen molar-refractivity contribution in [2.24, 2.45) is 4.99 Å². The maximum absolute atomic E-state index is 5.39. The van der Waals surface area contributed by atoms with Gasteiger partial charge in [-0.2, -0.15) is 0 Å². The van der Waals surface area contributed by atoms with Gasteiger partial charge in [-0.05, 0) is 56.0 Å². The summed E-state index contributed by atoms with van der Waals surface area (Å²) in [7, 11) is 5.38. The Morgan fingerprint density at radius 2 is 1.79 bits per heavy atom. The van der Waals surface area contributed by atoms with E-state index in [9.17, 15) is 0 Å². The van der Waals surface area contributed by atoms with Crippen LogP contribution in [0.1, 0.15) is 23.7 Å². The lowest BCUT2D eigenvalue weighted by Gasteiger charge is -2.22. The highest BCUT2D eigenvalue weighted by atomic mass is 127. The normalized spacial score (nSPS) is 10.9. The zero-order valence-electron chi connectivity index (χ0n) is 18.1. The number of pyridine rings is 1. The van der Waals surface area contributed by atoms with Crippen LogP contribution in [0.5, 0.6) is 11.5 Å². The lowest BCUT2D eigenvalue weighted by molar-refractivity contribution is 0.354. The predicted octanol–water partition coefficient (Wildman–Crippen LogP) is 3.71. The molecule has 7 heteroatoms. The largest absolute Gasteiger partial charge is 0.493 e. The molecule has 0 amide bonds. The summed E-state index contributed by atoms with van der Waals surface area (Å²) in [4.78, 5) is 11.3. The fraction of sp³-hybridized carbons (Fsp3) is 0.455. The number of likely N-dealkylation sites (N-methyl/N-ethyl adjacent to an activating group) is 1. The Bertz CT molecular complexity index is 766. The van der Waals surface area contributed by atoms with Crippen LogP contribution >= 0.6 is 24.0 Å². The fourth-order valence-electron chi connectivity index (χ4n) is 2.85. The molecule has 2 aromatic rings. The molecule has 0 saturated heterocycles. The zero-order chi connectivity index (χ0) is 20.4. The van der Waals surface area contributed by atoms with E-state index < -0.39 is 0 Å². The van der Waals surface area contributed by atoms with E-state index >= 15 is 0 Å². The second-order valence-electron chi connectivity index (χ2n) is 6.65. The van der Waals surface area contributed by atoms with Crippen LogP contribution in [0, 0.1) is 6.92 Å². The van der Waals surface area contributed by atoms with Crippen LogP contribution in [0.3, 0.4) is 0 Å². The summed E-state index contributed by atoms with van der Waals surface area (Å²) in [6.45, 7) is 6.51. The molecule has 0 atom stereocenters. The van der Waals surface area contributed by atoms with Crippen molar-refractivity contribution in [1.82, 2.24) is 15.2 Å². The molecular formula is C22H33IN4O2. The third kappa shape index (κ3) is 8.08. The number of guanidine groups is 1. The number of nitrogens with zero attached hydrogens (tertiary/aromatic N) is 3. The molecule has 2 rings (SSSR count). The van der Waals surface area contributed by atoms with Gasteiger partial charge in [-0.1, -0.05) is 12.1 Å². The predicted molar refractivity (Wildman–Crippen MR) is 130 cm³/mol. The molecule has 0 unspecified atom stereocenters. The Morgan fingerprint density at radius 3 is 2.41 bits per heavy atom. The standard InChI is InChI=1S/C22H32N4O2.HI/c1-6-23-22(24-13-11-19-8-7-17(2)25-16-19)26(3)14-12-18-9-10-20(27-4)21(15-18)28-5;/h7-10,15-16H,6,11-14H2,1-5H3,(H,23,24);1H. The van der Waals surface area contributed by atoms with Crippen molar-refractivity contribution in [3.63, 3.8) is 0 Å². The number of aliphatic imine (C=N–C) groups is 1. The average molecular weight is 512 g/mol. The molecular weight excluding hydrogens is 479 g/mol. The molecule has 0 aliphatic carbocycles. The maximum atomic E-state index is 5.39. The topological polar surface area (TPSA) is 59.0 Å². The van der Waals surface area contributed by atoms with Gasteiger partial charge >= 0.3 is 0 Å². The van der Waals surface area contributed by atoms with E-state index in [-0.39, 0.29) is 24.0 Å². The number of nitrogens with one attached hydrogen (secondary N) is 1. The number of hydrogen-bond donors (Lipinski definition) is 1. The van der Waals surface area contributed by atoms with Crippen LogP contribution in [-0.4, -0.2) is 56.7 Å². The molecule has 0 saturated carbocycles. The maximum Gasteiger partial charge on any atom is 0.193 e. The minimum Gasteiger partial charge on any atom is -0.493 e. The zero-order valence-corrected chi connectivity index (χ0v) is 20.4. The number of rotatable bonds is 9. The summed E-state index contributed by atoms with van der Waals surface area (Å²) in [6, 6.07) is 10.2. The molecule has 6 nitrogen and oxygen atoms in total. The smallest absolute Gasteiger partial charge is 0.193 e. The van der Waals surface area contributed by atoms with E-state index in [1.54, 1.807) is 14.2 Å². The SMILES string of the molecule is CCNC(=NCCc1ccc(C)nc1)N(C)CCc1ccc(OC)c(OC)c1.I. The van der Waals surface area contributed by atoms with Gasteiger partial charge in [0.05, 0.1) is 14.2 Å². The summed E-state index contributed by atoms with van der Waals surface area (Å²) in [5, 5.41) is 3.37. The highest BCUT2D eigenvalue weighted by Crippen LogP contribution is 2.27. The molecule has 1 aromatic heterocycles. The third-order valence-electron chi connectivity index (χ3n) is 4.51. The number of methoxy groups -OCH3 is 2. The molecule has 0 spiro atoms. The first-order chi connectivity index (χ1) is 13.6. The second kappa shape index (κ2) is 13.2. The molecule has 1 N–H and O–H groups in total. The first-order valence-corrected chi connectivity index (χ1v) is 9.69. The van der Waals surface area contributed by atoms with Gasteiger partial charge in [0.15, 0.2) is 17.5 Å². The van der Waals surface area contributed by atoms with E-state index in [1.165, 1.54) is 11.1 Å². The minimum absolute atomic E-state index is 0. The average Bonchev–Trinajstić information content (AvgIpc) is 2.72. The van der Waals surface area contributed by atoms with Crippen molar-refractivity contribution in [2.75, 3.05) is 40.9 Å². The highest BCUT2D eigenvalue weighted by molar-refractivity contribution is 14.0. The number of hydrogen-bond acceptors (Lipinski definition) is 4. The number of ether oxygens (including phenoxy) is 2. The monoisotopic (exact) mass is 512 g/mol. The van der Waals surface area contributed by atoms with E-state index in [0.29, 0.717) is 0 Å². The number of aromatic nitrogens is 1. The van der Waals surface area contributed by atoms with Gasteiger partial charge < -0.3 is 19.7 Å². The third-order valence-corrected chi connectivity index (χ3v) is 4.51. The van der Waals surface area contributed by atoms with Crippen molar-refractivity contribution in [2.45, 2.75) is 26.7 Å². The van der Waals surface area contributed by atoms with Crippen molar-refractivity contribution in [1.29, 1.82) is 0 Å². The van der Waals surface area contributed by atoms with E-state index in [0.717, 1.165) is 55.6 Å². The van der Waals surface area contributed by atoms with E-state index in [2.05, 4.69) is 41.3 Å². The molecule has 0 aliphatic heterocycles. The Morgan fingerprint density at radius 1 is 1.07 bits per heavy atom. The van der Waals surface area contributed by atoms with Crippen molar-refractivity contribution < 1.29 is 9.47 Å². The van der Waals surface area contributed by atoms with E-state index in [1.807, 2.05) is 31.3 Å². The van der Waals surface area contributed by atoms with Gasteiger partial charge in [0.2, 0.25) is 0 Å². The molecule has 1 heterocycles. The van der Waals surface area contributed by atoms with Gasteiger partial charge in [0.1, 0.15) is 0 Å². The molecule has 160 valence electrons. The number of benzene rings is 1. The molecule has 0 bridgehead atoms. The molecule has 29 heavy (non-hydrogen) atoms. The van der Waals surface area contributed by atoms with Crippen LogP contribution < -0.4 is 14.8 Å². The van der Waals surface area contributed by atoms with Gasteiger partial charge in [0.25, 0.3) is 0 Å². The Hall–Kier alpha value is -2.03. The molecule has 0 fully saturated rings. The van der Waals surface area contributed by atoms with Gasteiger partial charge in [-0.3, -0.25) is 9.98 Å². The fourth-order valence-corrected chi connectivity index (χ4v) is 2.85. The summed E-state index contributed by atoms with van der Waals surface area (Å²) in [5.74, 6) is 2.43. The van der Waals surface area contributed by atoms with Crippen LogP contribution in [-0.2, 0) is 12.8 Å². The summed E-state index contributed by atoms with van der Waals surface area (Å²) >= 11 is 0. The summed E-state index contributed by atoms with van der Waals surface area (Å²) in [6.07, 6.45) is 3.70. The van der Waals surface area contributed by atoms with Gasteiger partial charge in [0, 0.05) is 38.6 Å².